The zero-order valence-corrected chi connectivity index (χ0v) is 11.7. The lowest BCUT2D eigenvalue weighted by Gasteiger charge is -2.04. The number of rotatable bonds is 5. The molecule has 1 heterocycles. The smallest absolute Gasteiger partial charge is 0.119 e. The van der Waals surface area contributed by atoms with Crippen LogP contribution in [0.2, 0.25) is 0 Å². The summed E-state index contributed by atoms with van der Waals surface area (Å²) in [5.41, 5.74) is 3.96. The summed E-state index contributed by atoms with van der Waals surface area (Å²) in [6, 6.07) is 6.28. The molecule has 0 radical (unpaired) electrons. The van der Waals surface area contributed by atoms with Crippen molar-refractivity contribution in [1.82, 2.24) is 9.88 Å². The summed E-state index contributed by atoms with van der Waals surface area (Å²) >= 11 is 0. The molecule has 0 bridgehead atoms. The third-order valence-corrected chi connectivity index (χ3v) is 3.56. The Kier molecular flexibility index (Phi) is 3.92. The van der Waals surface area contributed by atoms with Gasteiger partial charge in [-0.25, -0.2) is 0 Å². The van der Waals surface area contributed by atoms with Gasteiger partial charge in [0.2, 0.25) is 0 Å². The maximum absolute atomic E-state index is 5.32. The van der Waals surface area contributed by atoms with Crippen molar-refractivity contribution in [2.45, 2.75) is 26.8 Å². The molecular formula is C15H22N2O. The molecule has 0 fully saturated rings. The Morgan fingerprint density at radius 2 is 2.11 bits per heavy atom. The SMILES string of the molecule is CCCNCc1c(C)n(C)c2ccc(OC)cc12. The molecular weight excluding hydrogens is 224 g/mol. The van der Waals surface area contributed by atoms with E-state index >= 15 is 0 Å². The summed E-state index contributed by atoms with van der Waals surface area (Å²) in [6.07, 6.45) is 1.16. The van der Waals surface area contributed by atoms with Crippen molar-refractivity contribution in [3.05, 3.63) is 29.5 Å². The number of ether oxygens (including phenoxy) is 1. The Balaban J connectivity index is 2.45. The van der Waals surface area contributed by atoms with Gasteiger partial charge in [0, 0.05) is 30.2 Å². The largest absolute Gasteiger partial charge is 0.497 e. The second-order valence-electron chi connectivity index (χ2n) is 4.68. The van der Waals surface area contributed by atoms with Crippen LogP contribution in [0, 0.1) is 6.92 Å². The lowest BCUT2D eigenvalue weighted by atomic mass is 10.1. The highest BCUT2D eigenvalue weighted by Crippen LogP contribution is 2.28. The summed E-state index contributed by atoms with van der Waals surface area (Å²) in [5.74, 6) is 0.921. The molecule has 3 heteroatoms. The molecule has 18 heavy (non-hydrogen) atoms. The Morgan fingerprint density at radius 3 is 2.78 bits per heavy atom. The summed E-state index contributed by atoms with van der Waals surface area (Å²) < 4.78 is 7.57. The van der Waals surface area contributed by atoms with Gasteiger partial charge in [0.25, 0.3) is 0 Å². The van der Waals surface area contributed by atoms with E-state index in [1.807, 2.05) is 6.07 Å². The number of aromatic nitrogens is 1. The Morgan fingerprint density at radius 1 is 1.33 bits per heavy atom. The van der Waals surface area contributed by atoms with E-state index in [0.717, 1.165) is 25.3 Å². The van der Waals surface area contributed by atoms with Gasteiger partial charge >= 0.3 is 0 Å². The molecule has 1 aromatic carbocycles. The fraction of sp³-hybridized carbons (Fsp3) is 0.467. The van der Waals surface area contributed by atoms with E-state index in [-0.39, 0.29) is 0 Å². The molecule has 0 saturated carbocycles. The first-order valence-corrected chi connectivity index (χ1v) is 6.51. The third kappa shape index (κ3) is 2.23. The predicted octanol–water partition coefficient (Wildman–Crippen LogP) is 2.99. The first-order valence-electron chi connectivity index (χ1n) is 6.51. The van der Waals surface area contributed by atoms with E-state index in [2.05, 4.69) is 42.9 Å². The van der Waals surface area contributed by atoms with Gasteiger partial charge in [-0.2, -0.15) is 0 Å². The van der Waals surface area contributed by atoms with Gasteiger partial charge in [-0.3, -0.25) is 0 Å². The second kappa shape index (κ2) is 5.44. The molecule has 0 aliphatic carbocycles. The van der Waals surface area contributed by atoms with Crippen LogP contribution in [-0.2, 0) is 13.6 Å². The average Bonchev–Trinajstić information content (AvgIpc) is 2.63. The molecule has 1 N–H and O–H groups in total. The summed E-state index contributed by atoms with van der Waals surface area (Å²) in [7, 11) is 3.83. The van der Waals surface area contributed by atoms with Crippen LogP contribution in [-0.4, -0.2) is 18.2 Å². The Labute approximate surface area is 109 Å². The van der Waals surface area contributed by atoms with Crippen LogP contribution >= 0.6 is 0 Å². The summed E-state index contributed by atoms with van der Waals surface area (Å²) in [5, 5.41) is 4.77. The summed E-state index contributed by atoms with van der Waals surface area (Å²) in [6.45, 7) is 6.34. The molecule has 2 aromatic rings. The van der Waals surface area contributed by atoms with Gasteiger partial charge in [0.05, 0.1) is 7.11 Å². The van der Waals surface area contributed by atoms with E-state index in [1.54, 1.807) is 7.11 Å². The first-order chi connectivity index (χ1) is 8.69. The Bertz CT molecular complexity index is 543. The predicted molar refractivity (Wildman–Crippen MR) is 76.2 cm³/mol. The molecule has 3 nitrogen and oxygen atoms in total. The molecule has 0 amide bonds. The third-order valence-electron chi connectivity index (χ3n) is 3.56. The monoisotopic (exact) mass is 246 g/mol. The van der Waals surface area contributed by atoms with Gasteiger partial charge in [0.15, 0.2) is 0 Å². The minimum atomic E-state index is 0.921. The van der Waals surface area contributed by atoms with Crippen molar-refractivity contribution in [2.75, 3.05) is 13.7 Å². The number of aryl methyl sites for hydroxylation is 1. The van der Waals surface area contributed by atoms with Gasteiger partial charge in [-0.05, 0) is 43.7 Å². The van der Waals surface area contributed by atoms with E-state index < -0.39 is 0 Å². The number of fused-ring (bicyclic) bond motifs is 1. The van der Waals surface area contributed by atoms with Crippen molar-refractivity contribution in [3.8, 4) is 5.75 Å². The lowest BCUT2D eigenvalue weighted by Crippen LogP contribution is -2.14. The van der Waals surface area contributed by atoms with E-state index in [9.17, 15) is 0 Å². The van der Waals surface area contributed by atoms with Gasteiger partial charge in [0.1, 0.15) is 5.75 Å². The molecule has 2 rings (SSSR count). The van der Waals surface area contributed by atoms with Crippen LogP contribution in [0.5, 0.6) is 5.75 Å². The van der Waals surface area contributed by atoms with Crippen LogP contribution in [0.25, 0.3) is 10.9 Å². The fourth-order valence-electron chi connectivity index (χ4n) is 2.37. The van der Waals surface area contributed by atoms with Crippen LogP contribution in [0.15, 0.2) is 18.2 Å². The first kappa shape index (κ1) is 13.0. The highest BCUT2D eigenvalue weighted by Gasteiger charge is 2.12. The fourth-order valence-corrected chi connectivity index (χ4v) is 2.37. The van der Waals surface area contributed by atoms with E-state index in [1.165, 1.54) is 22.2 Å². The maximum atomic E-state index is 5.32. The molecule has 0 aliphatic heterocycles. The minimum absolute atomic E-state index is 0.921. The van der Waals surface area contributed by atoms with Crippen molar-refractivity contribution in [2.24, 2.45) is 7.05 Å². The molecule has 0 unspecified atom stereocenters. The zero-order valence-electron chi connectivity index (χ0n) is 11.7. The zero-order chi connectivity index (χ0) is 13.1. The van der Waals surface area contributed by atoms with Crippen molar-refractivity contribution >= 4 is 10.9 Å². The number of methoxy groups -OCH3 is 1. The maximum Gasteiger partial charge on any atom is 0.119 e. The quantitative estimate of drug-likeness (QED) is 0.821. The Hall–Kier alpha value is -1.48. The number of nitrogens with one attached hydrogen (secondary N) is 1. The van der Waals surface area contributed by atoms with Crippen molar-refractivity contribution in [1.29, 1.82) is 0 Å². The molecule has 1 aromatic heterocycles. The standard InChI is InChI=1S/C15H22N2O/c1-5-8-16-10-14-11(2)17(3)15-7-6-12(18-4)9-13(14)15/h6-7,9,16H,5,8,10H2,1-4H3. The second-order valence-corrected chi connectivity index (χ2v) is 4.68. The topological polar surface area (TPSA) is 26.2 Å². The van der Waals surface area contributed by atoms with Gasteiger partial charge in [-0.1, -0.05) is 6.92 Å². The van der Waals surface area contributed by atoms with Crippen molar-refractivity contribution < 1.29 is 4.74 Å². The number of hydrogen-bond donors (Lipinski definition) is 1. The van der Waals surface area contributed by atoms with Gasteiger partial charge < -0.3 is 14.6 Å². The van der Waals surface area contributed by atoms with Crippen LogP contribution in [0.4, 0.5) is 0 Å². The molecule has 98 valence electrons. The molecule has 0 aliphatic rings. The highest BCUT2D eigenvalue weighted by molar-refractivity contribution is 5.86. The number of benzene rings is 1. The van der Waals surface area contributed by atoms with Crippen LogP contribution < -0.4 is 10.1 Å². The minimum Gasteiger partial charge on any atom is -0.497 e. The van der Waals surface area contributed by atoms with Crippen molar-refractivity contribution in [3.63, 3.8) is 0 Å². The molecule has 0 atom stereocenters. The van der Waals surface area contributed by atoms with Crippen LogP contribution in [0.3, 0.4) is 0 Å². The normalized spacial score (nSPS) is 11.1. The highest BCUT2D eigenvalue weighted by atomic mass is 16.5. The van der Waals surface area contributed by atoms with E-state index in [4.69, 9.17) is 4.74 Å². The molecule has 0 spiro atoms. The van der Waals surface area contributed by atoms with Crippen LogP contribution in [0.1, 0.15) is 24.6 Å². The number of hydrogen-bond acceptors (Lipinski definition) is 2. The molecule has 0 saturated heterocycles. The van der Waals surface area contributed by atoms with Gasteiger partial charge in [-0.15, -0.1) is 0 Å². The average molecular weight is 246 g/mol. The number of nitrogens with zero attached hydrogens (tertiary/aromatic N) is 1. The summed E-state index contributed by atoms with van der Waals surface area (Å²) in [4.78, 5) is 0. The lowest BCUT2D eigenvalue weighted by molar-refractivity contribution is 0.415. The van der Waals surface area contributed by atoms with E-state index in [0.29, 0.717) is 0 Å².